The Balaban J connectivity index is 1.36. The van der Waals surface area contributed by atoms with E-state index in [0.29, 0.717) is 31.8 Å². The number of likely N-dealkylation sites (tertiary alicyclic amines) is 1. The van der Waals surface area contributed by atoms with Gasteiger partial charge in [0.05, 0.1) is 18.0 Å². The van der Waals surface area contributed by atoms with Gasteiger partial charge in [-0.1, -0.05) is 0 Å². The molecule has 0 bridgehead atoms. The summed E-state index contributed by atoms with van der Waals surface area (Å²) in [6.07, 6.45) is 1.54. The maximum atomic E-state index is 13.2. The number of ether oxygens (including phenoxy) is 1. The van der Waals surface area contributed by atoms with E-state index in [4.69, 9.17) is 10.5 Å². The Labute approximate surface area is 209 Å². The van der Waals surface area contributed by atoms with E-state index < -0.39 is 17.9 Å². The molecule has 2 fully saturated rings. The van der Waals surface area contributed by atoms with Gasteiger partial charge < -0.3 is 25.6 Å². The van der Waals surface area contributed by atoms with Crippen molar-refractivity contribution in [2.75, 3.05) is 64.8 Å². The van der Waals surface area contributed by atoms with E-state index in [1.165, 1.54) is 30.5 Å². The van der Waals surface area contributed by atoms with Gasteiger partial charge >= 0.3 is 6.09 Å². The van der Waals surface area contributed by atoms with Crippen LogP contribution >= 0.6 is 0 Å². The van der Waals surface area contributed by atoms with Crippen LogP contribution in [0.3, 0.4) is 0 Å². The van der Waals surface area contributed by atoms with Crippen LogP contribution in [0.15, 0.2) is 30.5 Å². The van der Waals surface area contributed by atoms with Gasteiger partial charge in [-0.3, -0.25) is 14.4 Å². The monoisotopic (exact) mass is 498 g/mol. The molecule has 3 heterocycles. The maximum Gasteiger partial charge on any atom is 0.409 e. The number of nitrogens with zero attached hydrogens (tertiary/aromatic N) is 6. The number of carbonyl (C=O) groups is 2. The van der Waals surface area contributed by atoms with Crippen molar-refractivity contribution in [1.82, 2.24) is 24.5 Å². The number of likely N-dealkylation sites (N-methyl/N-ethyl adjacent to an activating group) is 1. The Morgan fingerprint density at radius 1 is 1.22 bits per heavy atom. The molecule has 0 aliphatic carbocycles. The largest absolute Gasteiger partial charge is 0.448 e. The van der Waals surface area contributed by atoms with Crippen LogP contribution in [0.25, 0.3) is 0 Å². The van der Waals surface area contributed by atoms with E-state index in [9.17, 15) is 19.2 Å². The highest BCUT2D eigenvalue weighted by Crippen LogP contribution is 2.30. The van der Waals surface area contributed by atoms with Crippen molar-refractivity contribution in [3.8, 4) is 6.07 Å². The Morgan fingerprint density at radius 2 is 1.94 bits per heavy atom. The van der Waals surface area contributed by atoms with Crippen molar-refractivity contribution in [2.24, 2.45) is 11.7 Å². The minimum atomic E-state index is -0.680. The number of piperazine rings is 1. The third-order valence-electron chi connectivity index (χ3n) is 6.67. The quantitative estimate of drug-likeness (QED) is 0.589. The molecular weight excluding hydrogens is 467 g/mol. The number of benzene rings is 1. The molecule has 2 aliphatic heterocycles. The molecule has 2 amide bonds. The van der Waals surface area contributed by atoms with Gasteiger partial charge in [0.2, 0.25) is 0 Å². The number of hydrogen-bond donors (Lipinski definition) is 2. The number of anilines is 2. The molecule has 1 aromatic carbocycles. The van der Waals surface area contributed by atoms with Crippen LogP contribution < -0.4 is 11.1 Å². The standard InChI is InChI=1S/C24H31FN8O3/c1-30-8-10-31(11-9-30)12-13-36-24(35)32-7-6-21(17(14-26)15-32)33-16-20(22(27)34)23(29-33)28-19-4-2-18(25)3-5-19/h2-5,16-17,21H,6-13,15H2,1H3,(H2,27,34)(H,28,29)/t17-,21-/m0/s1. The molecule has 192 valence electrons. The molecule has 0 saturated carbocycles. The van der Waals surface area contributed by atoms with Gasteiger partial charge in [-0.05, 0) is 37.7 Å². The van der Waals surface area contributed by atoms with Crippen LogP contribution in [0.5, 0.6) is 0 Å². The van der Waals surface area contributed by atoms with Crippen LogP contribution in [0.2, 0.25) is 0 Å². The molecule has 4 rings (SSSR count). The Hall–Kier alpha value is -3.69. The van der Waals surface area contributed by atoms with Crippen molar-refractivity contribution < 1.29 is 18.7 Å². The summed E-state index contributed by atoms with van der Waals surface area (Å²) in [5, 5.41) is 17.3. The fourth-order valence-electron chi connectivity index (χ4n) is 4.48. The fourth-order valence-corrected chi connectivity index (χ4v) is 4.48. The van der Waals surface area contributed by atoms with Crippen LogP contribution in [-0.2, 0) is 4.74 Å². The number of carbonyl (C=O) groups excluding carboxylic acids is 2. The van der Waals surface area contributed by atoms with E-state index in [2.05, 4.69) is 33.3 Å². The third kappa shape index (κ3) is 6.10. The zero-order valence-electron chi connectivity index (χ0n) is 20.3. The summed E-state index contributed by atoms with van der Waals surface area (Å²) < 4.78 is 20.3. The smallest absolute Gasteiger partial charge is 0.409 e. The van der Waals surface area contributed by atoms with Crippen LogP contribution in [-0.4, -0.2) is 95.9 Å². The molecule has 11 nitrogen and oxygen atoms in total. The molecule has 0 unspecified atom stereocenters. The van der Waals surface area contributed by atoms with Crippen LogP contribution in [0, 0.1) is 23.1 Å². The highest BCUT2D eigenvalue weighted by molar-refractivity contribution is 5.98. The number of nitrogens with one attached hydrogen (secondary N) is 1. The Kier molecular flexibility index (Phi) is 8.02. The predicted octanol–water partition coefficient (Wildman–Crippen LogP) is 1.64. The van der Waals surface area contributed by atoms with Crippen molar-refractivity contribution in [3.05, 3.63) is 41.8 Å². The van der Waals surface area contributed by atoms with E-state index in [1.807, 2.05) is 0 Å². The Morgan fingerprint density at radius 3 is 2.61 bits per heavy atom. The first-order chi connectivity index (χ1) is 17.3. The fraction of sp³-hybridized carbons (Fsp3) is 0.500. The highest BCUT2D eigenvalue weighted by atomic mass is 19.1. The normalized spacial score (nSPS) is 21.1. The molecule has 2 saturated heterocycles. The number of piperidine rings is 1. The van der Waals surface area contributed by atoms with E-state index in [0.717, 1.165) is 26.2 Å². The number of rotatable bonds is 7. The van der Waals surface area contributed by atoms with Gasteiger partial charge in [-0.15, -0.1) is 0 Å². The number of nitriles is 1. The summed E-state index contributed by atoms with van der Waals surface area (Å²) in [4.78, 5) is 30.7. The second-order valence-electron chi connectivity index (χ2n) is 9.16. The zero-order valence-corrected chi connectivity index (χ0v) is 20.3. The summed E-state index contributed by atoms with van der Waals surface area (Å²) in [5.74, 6) is -1.40. The van der Waals surface area contributed by atoms with Crippen molar-refractivity contribution in [3.63, 3.8) is 0 Å². The number of amides is 2. The first-order valence-electron chi connectivity index (χ1n) is 12.0. The lowest BCUT2D eigenvalue weighted by Gasteiger charge is -2.35. The summed E-state index contributed by atoms with van der Waals surface area (Å²) in [6, 6.07) is 7.52. The molecule has 2 aliphatic rings. The number of nitrogens with two attached hydrogens (primary N) is 1. The minimum absolute atomic E-state index is 0.154. The van der Waals surface area contributed by atoms with Gasteiger partial charge in [-0.2, -0.15) is 10.4 Å². The molecular formula is C24H31FN8O3. The third-order valence-corrected chi connectivity index (χ3v) is 6.67. The molecule has 3 N–H and O–H groups in total. The second-order valence-corrected chi connectivity index (χ2v) is 9.16. The molecule has 2 atom stereocenters. The topological polar surface area (TPSA) is 133 Å². The zero-order chi connectivity index (χ0) is 25.7. The predicted molar refractivity (Wildman–Crippen MR) is 130 cm³/mol. The maximum absolute atomic E-state index is 13.2. The van der Waals surface area contributed by atoms with E-state index in [-0.39, 0.29) is 29.8 Å². The molecule has 12 heteroatoms. The molecule has 1 aromatic heterocycles. The lowest BCUT2D eigenvalue weighted by molar-refractivity contribution is 0.0634. The van der Waals surface area contributed by atoms with Gasteiger partial charge in [0.25, 0.3) is 5.91 Å². The first-order valence-corrected chi connectivity index (χ1v) is 12.0. The summed E-state index contributed by atoms with van der Waals surface area (Å²) in [6.45, 7) is 5.47. The van der Waals surface area contributed by atoms with E-state index in [1.54, 1.807) is 9.58 Å². The number of halogens is 1. The first kappa shape index (κ1) is 25.4. The number of aromatic nitrogens is 2. The van der Waals surface area contributed by atoms with Gasteiger partial charge in [-0.25, -0.2) is 9.18 Å². The van der Waals surface area contributed by atoms with Gasteiger partial charge in [0.1, 0.15) is 18.0 Å². The lowest BCUT2D eigenvalue weighted by atomic mass is 9.94. The second kappa shape index (κ2) is 11.4. The molecule has 0 spiro atoms. The van der Waals surface area contributed by atoms with Crippen LogP contribution in [0.1, 0.15) is 22.8 Å². The summed E-state index contributed by atoms with van der Waals surface area (Å²) >= 11 is 0. The average molecular weight is 499 g/mol. The van der Waals surface area contributed by atoms with Crippen molar-refractivity contribution in [1.29, 1.82) is 5.26 Å². The summed E-state index contributed by atoms with van der Waals surface area (Å²) in [5.41, 5.74) is 6.23. The Bertz CT molecular complexity index is 1110. The van der Waals surface area contributed by atoms with Gasteiger partial charge in [0, 0.05) is 57.7 Å². The van der Waals surface area contributed by atoms with Gasteiger partial charge in [0.15, 0.2) is 5.82 Å². The highest BCUT2D eigenvalue weighted by Gasteiger charge is 2.35. The summed E-state index contributed by atoms with van der Waals surface area (Å²) in [7, 11) is 2.09. The molecule has 0 radical (unpaired) electrons. The van der Waals surface area contributed by atoms with Crippen LogP contribution in [0.4, 0.5) is 20.7 Å². The average Bonchev–Trinajstić information content (AvgIpc) is 3.30. The minimum Gasteiger partial charge on any atom is -0.448 e. The lowest BCUT2D eigenvalue weighted by Crippen LogP contribution is -2.47. The van der Waals surface area contributed by atoms with Crippen molar-refractivity contribution in [2.45, 2.75) is 12.5 Å². The number of primary amides is 1. The van der Waals surface area contributed by atoms with E-state index >= 15 is 0 Å². The molecule has 36 heavy (non-hydrogen) atoms. The SMILES string of the molecule is CN1CCN(CCOC(=O)N2CC[C@H](n3cc(C(N)=O)c(Nc4ccc(F)cc4)n3)[C@@H](C#N)C2)CC1. The molecule has 2 aromatic rings. The van der Waals surface area contributed by atoms with Crippen molar-refractivity contribution >= 4 is 23.5 Å². The number of hydrogen-bond acceptors (Lipinski definition) is 8.